The van der Waals surface area contributed by atoms with E-state index in [-0.39, 0.29) is 0 Å². The van der Waals surface area contributed by atoms with E-state index in [1.165, 1.54) is 16.7 Å². The average Bonchev–Trinajstić information content (AvgIpc) is 3.55. The van der Waals surface area contributed by atoms with Crippen LogP contribution in [0.15, 0.2) is 48.5 Å². The first kappa shape index (κ1) is 16.6. The average molecular weight is 340 g/mol. The standard InChI is InChI=1S/C21H24O4/c1(2-12-23-19-9-7-18(8-10-19)21-15-25-21)11-22-13-16-3-5-17(6-4-16)20-14-24-20/h3-10,20-21H,1-2,11-15H2. The maximum absolute atomic E-state index is 5.76. The highest BCUT2D eigenvalue weighted by Gasteiger charge is 2.24. The predicted octanol–water partition coefficient (Wildman–Crippen LogP) is 4.21. The summed E-state index contributed by atoms with van der Waals surface area (Å²) in [6.07, 6.45) is 2.63. The smallest absolute Gasteiger partial charge is 0.119 e. The molecule has 2 aromatic rings. The van der Waals surface area contributed by atoms with Gasteiger partial charge in [0.2, 0.25) is 0 Å². The first-order chi connectivity index (χ1) is 12.4. The Kier molecular flexibility index (Phi) is 5.31. The minimum Gasteiger partial charge on any atom is -0.494 e. The molecule has 132 valence electrons. The van der Waals surface area contributed by atoms with Crippen LogP contribution in [0, 0.1) is 0 Å². The van der Waals surface area contributed by atoms with Crippen molar-refractivity contribution >= 4 is 0 Å². The Hall–Kier alpha value is -1.88. The molecule has 2 aliphatic rings. The number of epoxide rings is 2. The molecule has 0 aliphatic carbocycles. The molecule has 0 bridgehead atoms. The first-order valence-corrected chi connectivity index (χ1v) is 9.01. The van der Waals surface area contributed by atoms with Crippen molar-refractivity contribution in [3.05, 3.63) is 65.2 Å². The van der Waals surface area contributed by atoms with Gasteiger partial charge in [0.15, 0.2) is 0 Å². The van der Waals surface area contributed by atoms with Crippen LogP contribution >= 0.6 is 0 Å². The zero-order valence-electron chi connectivity index (χ0n) is 14.4. The molecule has 2 saturated heterocycles. The molecule has 2 unspecified atom stereocenters. The number of hydrogen-bond acceptors (Lipinski definition) is 4. The van der Waals surface area contributed by atoms with Gasteiger partial charge in [-0.1, -0.05) is 36.4 Å². The van der Waals surface area contributed by atoms with Crippen LogP contribution in [0.1, 0.15) is 41.7 Å². The second kappa shape index (κ2) is 8.00. The van der Waals surface area contributed by atoms with Gasteiger partial charge in [-0.2, -0.15) is 0 Å². The number of benzene rings is 2. The van der Waals surface area contributed by atoms with Gasteiger partial charge in [-0.3, -0.25) is 0 Å². The third-order valence-corrected chi connectivity index (χ3v) is 4.49. The maximum Gasteiger partial charge on any atom is 0.119 e. The van der Waals surface area contributed by atoms with Gasteiger partial charge >= 0.3 is 0 Å². The van der Waals surface area contributed by atoms with E-state index in [0.29, 0.717) is 18.8 Å². The van der Waals surface area contributed by atoms with E-state index >= 15 is 0 Å². The highest BCUT2D eigenvalue weighted by Crippen LogP contribution is 2.31. The van der Waals surface area contributed by atoms with Gasteiger partial charge in [0.1, 0.15) is 18.0 Å². The van der Waals surface area contributed by atoms with Gasteiger partial charge in [-0.05, 0) is 41.7 Å². The van der Waals surface area contributed by atoms with Gasteiger partial charge in [0.25, 0.3) is 0 Å². The molecule has 0 N–H and O–H groups in total. The maximum atomic E-state index is 5.76. The van der Waals surface area contributed by atoms with E-state index < -0.39 is 0 Å². The number of hydrogen-bond donors (Lipinski definition) is 0. The molecule has 2 aromatic carbocycles. The van der Waals surface area contributed by atoms with Crippen LogP contribution in [-0.2, 0) is 20.8 Å². The van der Waals surface area contributed by atoms with E-state index in [1.54, 1.807) is 0 Å². The molecule has 0 saturated carbocycles. The molecular formula is C21H24O4. The van der Waals surface area contributed by atoms with E-state index in [1.807, 2.05) is 12.1 Å². The van der Waals surface area contributed by atoms with Crippen LogP contribution in [0.5, 0.6) is 5.75 Å². The van der Waals surface area contributed by atoms with Crippen LogP contribution in [0.2, 0.25) is 0 Å². The number of ether oxygens (including phenoxy) is 4. The minimum absolute atomic E-state index is 0.310. The molecule has 0 amide bonds. The van der Waals surface area contributed by atoms with Gasteiger partial charge in [-0.15, -0.1) is 0 Å². The lowest BCUT2D eigenvalue weighted by Gasteiger charge is -2.08. The molecule has 2 fully saturated rings. The largest absolute Gasteiger partial charge is 0.494 e. The molecular weight excluding hydrogens is 316 g/mol. The summed E-state index contributed by atoms with van der Waals surface area (Å²) in [6.45, 7) is 3.85. The second-order valence-electron chi connectivity index (χ2n) is 6.56. The van der Waals surface area contributed by atoms with Crippen LogP contribution in [0.25, 0.3) is 0 Å². The highest BCUT2D eigenvalue weighted by atomic mass is 16.6. The third-order valence-electron chi connectivity index (χ3n) is 4.49. The van der Waals surface area contributed by atoms with Crippen molar-refractivity contribution in [2.75, 3.05) is 26.4 Å². The lowest BCUT2D eigenvalue weighted by atomic mass is 10.1. The fraction of sp³-hybridized carbons (Fsp3) is 0.429. The van der Waals surface area contributed by atoms with E-state index in [0.717, 1.165) is 45.0 Å². The van der Waals surface area contributed by atoms with Crippen LogP contribution in [0.4, 0.5) is 0 Å². The summed E-state index contributed by atoms with van der Waals surface area (Å²) < 4.78 is 22.0. The molecule has 4 heteroatoms. The van der Waals surface area contributed by atoms with Crippen molar-refractivity contribution in [1.82, 2.24) is 0 Å². The molecule has 4 rings (SSSR count). The normalized spacial score (nSPS) is 21.1. The molecule has 25 heavy (non-hydrogen) atoms. The Bertz CT molecular complexity index is 598. The van der Waals surface area contributed by atoms with Gasteiger partial charge in [0, 0.05) is 6.61 Å². The zero-order valence-corrected chi connectivity index (χ0v) is 14.4. The summed E-state index contributed by atoms with van der Waals surface area (Å²) in [5.74, 6) is 0.921. The summed E-state index contributed by atoms with van der Waals surface area (Å²) >= 11 is 0. The molecule has 0 radical (unpaired) electrons. The third kappa shape index (κ3) is 5.05. The van der Waals surface area contributed by atoms with Crippen molar-refractivity contribution in [3.63, 3.8) is 0 Å². The van der Waals surface area contributed by atoms with E-state index in [4.69, 9.17) is 18.9 Å². The molecule has 2 aliphatic heterocycles. The molecule has 2 heterocycles. The molecule has 2 atom stereocenters. The fourth-order valence-corrected chi connectivity index (χ4v) is 2.77. The van der Waals surface area contributed by atoms with Crippen molar-refractivity contribution in [2.45, 2.75) is 31.7 Å². The van der Waals surface area contributed by atoms with Crippen LogP contribution in [-0.4, -0.2) is 26.4 Å². The Labute approximate surface area is 148 Å². The van der Waals surface area contributed by atoms with Crippen molar-refractivity contribution < 1.29 is 18.9 Å². The van der Waals surface area contributed by atoms with Crippen molar-refractivity contribution in [1.29, 1.82) is 0 Å². The quantitative estimate of drug-likeness (QED) is 0.480. The van der Waals surface area contributed by atoms with Crippen molar-refractivity contribution in [3.8, 4) is 5.75 Å². The monoisotopic (exact) mass is 340 g/mol. The Morgan fingerprint density at radius 3 is 1.92 bits per heavy atom. The minimum atomic E-state index is 0.310. The van der Waals surface area contributed by atoms with Gasteiger partial charge in [-0.25, -0.2) is 0 Å². The fourth-order valence-electron chi connectivity index (χ4n) is 2.77. The Morgan fingerprint density at radius 2 is 1.32 bits per heavy atom. The van der Waals surface area contributed by atoms with Crippen molar-refractivity contribution in [2.24, 2.45) is 0 Å². The summed E-state index contributed by atoms with van der Waals surface area (Å²) in [7, 11) is 0. The number of unbranched alkanes of at least 4 members (excludes halogenated alkanes) is 1. The summed E-state index contributed by atoms with van der Waals surface area (Å²) in [5, 5.41) is 0. The van der Waals surface area contributed by atoms with Gasteiger partial charge in [0.05, 0.1) is 26.4 Å². The molecule has 0 spiro atoms. The zero-order chi connectivity index (χ0) is 16.9. The molecule has 0 aromatic heterocycles. The lowest BCUT2D eigenvalue weighted by molar-refractivity contribution is 0.113. The van der Waals surface area contributed by atoms with Gasteiger partial charge < -0.3 is 18.9 Å². The topological polar surface area (TPSA) is 43.5 Å². The second-order valence-corrected chi connectivity index (χ2v) is 6.56. The SMILES string of the molecule is c1cc(C2CO2)ccc1COCCCCOc1ccc(C2CO2)cc1. The first-order valence-electron chi connectivity index (χ1n) is 9.01. The number of rotatable bonds is 10. The highest BCUT2D eigenvalue weighted by molar-refractivity contribution is 5.30. The van der Waals surface area contributed by atoms with E-state index in [9.17, 15) is 0 Å². The Morgan fingerprint density at radius 1 is 0.760 bits per heavy atom. The predicted molar refractivity (Wildman–Crippen MR) is 94.7 cm³/mol. The summed E-state index contributed by atoms with van der Waals surface area (Å²) in [4.78, 5) is 0. The lowest BCUT2D eigenvalue weighted by Crippen LogP contribution is -2.01. The van der Waals surface area contributed by atoms with E-state index in [2.05, 4.69) is 36.4 Å². The Balaban J connectivity index is 1.06. The summed E-state index contributed by atoms with van der Waals surface area (Å²) in [5.41, 5.74) is 3.71. The van der Waals surface area contributed by atoms with Crippen LogP contribution < -0.4 is 4.74 Å². The van der Waals surface area contributed by atoms with Crippen LogP contribution in [0.3, 0.4) is 0 Å². The summed E-state index contributed by atoms with van der Waals surface area (Å²) in [6, 6.07) is 16.7. The molecule has 4 nitrogen and oxygen atoms in total.